The van der Waals surface area contributed by atoms with Gasteiger partial charge < -0.3 is 4.40 Å². The van der Waals surface area contributed by atoms with Gasteiger partial charge in [0.05, 0.1) is 10.9 Å². The van der Waals surface area contributed by atoms with E-state index in [-0.39, 0.29) is 0 Å². The summed E-state index contributed by atoms with van der Waals surface area (Å²) >= 11 is 0. The number of ketones is 1. The van der Waals surface area contributed by atoms with Crippen molar-refractivity contribution < 1.29 is 9.59 Å². The Balaban J connectivity index is 2.30. The van der Waals surface area contributed by atoms with Crippen LogP contribution in [0.2, 0.25) is 0 Å². The number of hydrogen-bond acceptors (Lipinski definition) is 2. The zero-order chi connectivity index (χ0) is 13.0. The highest BCUT2D eigenvalue weighted by Crippen LogP contribution is 2.18. The first-order valence-corrected chi connectivity index (χ1v) is 5.91. The van der Waals surface area contributed by atoms with E-state index in [0.29, 0.717) is 10.6 Å². The zero-order valence-corrected chi connectivity index (χ0v) is 9.83. The van der Waals surface area contributed by atoms with Crippen LogP contribution in [0.25, 0.3) is 22.4 Å². The zero-order valence-electron chi connectivity index (χ0n) is 9.83. The lowest BCUT2D eigenvalue weighted by atomic mass is 10.1. The van der Waals surface area contributed by atoms with Gasteiger partial charge in [0.15, 0.2) is 0 Å². The monoisotopic (exact) mass is 248 g/mol. The number of rotatable bonds is 0. The summed E-state index contributed by atoms with van der Waals surface area (Å²) in [5, 5.41) is 3.21. The number of carbonyl (C=O) groups excluding carboxylic acids is 2. The molecule has 4 nitrogen and oxygen atoms in total. The molecule has 4 heteroatoms. The van der Waals surface area contributed by atoms with E-state index < -0.39 is 11.7 Å². The summed E-state index contributed by atoms with van der Waals surface area (Å²) in [6, 6.07) is 9.70. The summed E-state index contributed by atoms with van der Waals surface area (Å²) in [7, 11) is 0. The molecule has 1 aliphatic heterocycles. The van der Waals surface area contributed by atoms with Gasteiger partial charge in [-0.15, -0.1) is 0 Å². The fourth-order valence-electron chi connectivity index (χ4n) is 2.52. The molecule has 2 aromatic heterocycles. The Kier molecular flexibility index (Phi) is 1.82. The SMILES string of the molecule is O=C1C=c2ccc3c(cn4ccccc34)c2=NC1=O. The standard InChI is InChI=1S/C15H8N2O2/c18-13-7-9-4-5-10-11(14(9)16-15(13)19)8-17-6-2-1-3-12(10)17/h1-8H. The molecule has 0 unspecified atom stereocenters. The largest absolute Gasteiger partial charge is 0.323 e. The maximum Gasteiger partial charge on any atom is 0.318 e. The van der Waals surface area contributed by atoms with E-state index >= 15 is 0 Å². The minimum atomic E-state index is -0.699. The van der Waals surface area contributed by atoms with Crippen LogP contribution in [0.15, 0.2) is 47.7 Å². The summed E-state index contributed by atoms with van der Waals surface area (Å²) in [5.41, 5.74) is 1.06. The van der Waals surface area contributed by atoms with E-state index in [1.165, 1.54) is 6.08 Å². The first-order chi connectivity index (χ1) is 9.24. The lowest BCUT2D eigenvalue weighted by molar-refractivity contribution is -0.132. The van der Waals surface area contributed by atoms with Crippen molar-refractivity contribution in [1.82, 2.24) is 4.40 Å². The normalized spacial score (nSPS) is 14.3. The molecule has 3 heterocycles. The number of amides is 1. The Bertz CT molecular complexity index is 996. The third-order valence-electron chi connectivity index (χ3n) is 3.39. The highest BCUT2D eigenvalue weighted by Gasteiger charge is 2.15. The molecule has 1 amide bonds. The molecular weight excluding hydrogens is 240 g/mol. The first kappa shape index (κ1) is 10.2. The van der Waals surface area contributed by atoms with E-state index in [0.717, 1.165) is 16.3 Å². The number of fused-ring (bicyclic) bond motifs is 5. The molecule has 0 N–H and O–H groups in total. The van der Waals surface area contributed by atoms with Gasteiger partial charge in [-0.2, -0.15) is 0 Å². The van der Waals surface area contributed by atoms with E-state index in [2.05, 4.69) is 4.99 Å². The Morgan fingerprint density at radius 2 is 1.89 bits per heavy atom. The molecule has 0 atom stereocenters. The number of pyridine rings is 1. The van der Waals surface area contributed by atoms with Crippen molar-refractivity contribution in [3.05, 3.63) is 53.3 Å². The van der Waals surface area contributed by atoms with E-state index in [1.54, 1.807) is 0 Å². The van der Waals surface area contributed by atoms with Crippen LogP contribution in [0.4, 0.5) is 0 Å². The number of hydrogen-bond donors (Lipinski definition) is 0. The number of benzene rings is 1. The molecular formula is C15H8N2O2. The van der Waals surface area contributed by atoms with Gasteiger partial charge >= 0.3 is 5.91 Å². The van der Waals surface area contributed by atoms with Crippen LogP contribution in [0.1, 0.15) is 0 Å². The van der Waals surface area contributed by atoms with E-state index in [4.69, 9.17) is 0 Å². The molecule has 4 rings (SSSR count). The maximum atomic E-state index is 11.5. The number of carbonyl (C=O) groups is 2. The lowest BCUT2D eigenvalue weighted by Crippen LogP contribution is -2.34. The average Bonchev–Trinajstić information content (AvgIpc) is 2.79. The maximum absolute atomic E-state index is 11.5. The Hall–Kier alpha value is -2.75. The topological polar surface area (TPSA) is 50.9 Å². The summed E-state index contributed by atoms with van der Waals surface area (Å²) < 4.78 is 1.99. The van der Waals surface area contributed by atoms with Gasteiger partial charge in [0.2, 0.25) is 5.78 Å². The highest BCUT2D eigenvalue weighted by molar-refractivity contribution is 6.48. The Morgan fingerprint density at radius 1 is 1.00 bits per heavy atom. The summed E-state index contributed by atoms with van der Waals surface area (Å²) in [5.74, 6) is -1.26. The van der Waals surface area contributed by atoms with Gasteiger partial charge in [-0.1, -0.05) is 18.2 Å². The second-order valence-corrected chi connectivity index (χ2v) is 4.51. The molecule has 0 saturated carbocycles. The molecule has 90 valence electrons. The van der Waals surface area contributed by atoms with Crippen LogP contribution in [-0.2, 0) is 9.59 Å². The van der Waals surface area contributed by atoms with Crippen LogP contribution in [0.5, 0.6) is 0 Å². The summed E-state index contributed by atoms with van der Waals surface area (Å²) in [4.78, 5) is 26.7. The molecule has 1 aliphatic rings. The van der Waals surface area contributed by atoms with Crippen molar-refractivity contribution in [3.8, 4) is 0 Å². The molecule has 0 spiro atoms. The highest BCUT2D eigenvalue weighted by atomic mass is 16.2. The summed E-state index contributed by atoms with van der Waals surface area (Å²) in [6.45, 7) is 0. The smallest absolute Gasteiger partial charge is 0.318 e. The number of aromatic nitrogens is 1. The van der Waals surface area contributed by atoms with Crippen LogP contribution in [0, 0.1) is 0 Å². The van der Waals surface area contributed by atoms with Crippen LogP contribution < -0.4 is 10.6 Å². The number of nitrogens with zero attached hydrogens (tertiary/aromatic N) is 2. The van der Waals surface area contributed by atoms with Gasteiger partial charge in [-0.25, -0.2) is 4.99 Å². The molecule has 0 bridgehead atoms. The minimum Gasteiger partial charge on any atom is -0.323 e. The van der Waals surface area contributed by atoms with E-state index in [9.17, 15) is 9.59 Å². The van der Waals surface area contributed by atoms with Gasteiger partial charge in [0.1, 0.15) is 0 Å². The predicted molar refractivity (Wildman–Crippen MR) is 70.2 cm³/mol. The second kappa shape index (κ2) is 3.38. The van der Waals surface area contributed by atoms with Gasteiger partial charge in [0.25, 0.3) is 0 Å². The molecule has 0 saturated heterocycles. The second-order valence-electron chi connectivity index (χ2n) is 4.51. The van der Waals surface area contributed by atoms with Crippen LogP contribution in [0.3, 0.4) is 0 Å². The first-order valence-electron chi connectivity index (χ1n) is 5.91. The van der Waals surface area contributed by atoms with Crippen molar-refractivity contribution >= 4 is 34.1 Å². The van der Waals surface area contributed by atoms with Crippen LogP contribution in [-0.4, -0.2) is 16.1 Å². The lowest BCUT2D eigenvalue weighted by Gasteiger charge is -1.99. The fraction of sp³-hybridized carbons (Fsp3) is 0. The van der Waals surface area contributed by atoms with Crippen molar-refractivity contribution in [1.29, 1.82) is 0 Å². The van der Waals surface area contributed by atoms with E-state index in [1.807, 2.05) is 47.1 Å². The van der Waals surface area contributed by atoms with Crippen molar-refractivity contribution in [2.45, 2.75) is 0 Å². The quantitative estimate of drug-likeness (QED) is 0.547. The van der Waals surface area contributed by atoms with Crippen LogP contribution >= 0.6 is 0 Å². The third kappa shape index (κ3) is 1.31. The minimum absolute atomic E-state index is 0.560. The molecule has 0 fully saturated rings. The predicted octanol–water partition coefficient (Wildman–Crippen LogP) is 0.602. The molecule has 3 aromatic rings. The third-order valence-corrected chi connectivity index (χ3v) is 3.39. The summed E-state index contributed by atoms with van der Waals surface area (Å²) in [6.07, 6.45) is 5.23. The Labute approximate surface area is 107 Å². The fourth-order valence-corrected chi connectivity index (χ4v) is 2.52. The molecule has 0 radical (unpaired) electrons. The van der Waals surface area contributed by atoms with Gasteiger partial charge in [0, 0.05) is 34.5 Å². The molecule has 1 aromatic carbocycles. The number of Topliss-reactive ketones (excluding diaryl/α,β-unsaturated/α-hetero) is 1. The Morgan fingerprint density at radius 3 is 2.79 bits per heavy atom. The van der Waals surface area contributed by atoms with Gasteiger partial charge in [-0.05, 0) is 12.1 Å². The average molecular weight is 248 g/mol. The van der Waals surface area contributed by atoms with Crippen molar-refractivity contribution in [3.63, 3.8) is 0 Å². The van der Waals surface area contributed by atoms with Gasteiger partial charge in [-0.3, -0.25) is 9.59 Å². The van der Waals surface area contributed by atoms with Crippen molar-refractivity contribution in [2.24, 2.45) is 4.99 Å². The van der Waals surface area contributed by atoms with Crippen molar-refractivity contribution in [2.75, 3.05) is 0 Å². The molecule has 0 aliphatic carbocycles. The molecule has 19 heavy (non-hydrogen) atoms.